The Labute approximate surface area is 116 Å². The highest BCUT2D eigenvalue weighted by Crippen LogP contribution is 2.29. The average Bonchev–Trinajstić information content (AvgIpc) is 2.33. The van der Waals surface area contributed by atoms with Gasteiger partial charge < -0.3 is 5.73 Å². The van der Waals surface area contributed by atoms with Crippen molar-refractivity contribution in [3.05, 3.63) is 47.4 Å². The van der Waals surface area contributed by atoms with Gasteiger partial charge in [-0.1, -0.05) is 29.4 Å². The summed E-state index contributed by atoms with van der Waals surface area (Å²) >= 11 is 7.77. The Kier molecular flexibility index (Phi) is 4.58. The lowest BCUT2D eigenvalue weighted by Crippen LogP contribution is -2.17. The number of rotatable bonds is 4. The zero-order valence-corrected chi connectivity index (χ0v) is 11.6. The van der Waals surface area contributed by atoms with Crippen LogP contribution < -0.4 is 5.73 Å². The summed E-state index contributed by atoms with van der Waals surface area (Å²) in [6.45, 7) is 1.97. The van der Waals surface area contributed by atoms with E-state index in [1.807, 2.05) is 25.1 Å². The highest BCUT2D eigenvalue weighted by atomic mass is 35.5. The number of halogens is 1. The van der Waals surface area contributed by atoms with Gasteiger partial charge in [0.2, 0.25) is 0 Å². The van der Waals surface area contributed by atoms with Crippen LogP contribution in [0.3, 0.4) is 0 Å². The number of aromatic nitrogens is 2. The molecule has 1 unspecified atom stereocenters. The first-order valence-electron chi connectivity index (χ1n) is 5.63. The molecule has 0 aliphatic carbocycles. The van der Waals surface area contributed by atoms with Crippen molar-refractivity contribution in [3.63, 3.8) is 0 Å². The maximum atomic E-state index is 6.23. The third-order valence-electron chi connectivity index (χ3n) is 2.33. The van der Waals surface area contributed by atoms with Crippen LogP contribution >= 0.6 is 23.4 Å². The molecule has 0 saturated heterocycles. The van der Waals surface area contributed by atoms with Gasteiger partial charge in [-0.25, -0.2) is 4.98 Å². The van der Waals surface area contributed by atoms with Crippen molar-refractivity contribution >= 4 is 23.4 Å². The normalized spacial score (nSPS) is 12.4. The van der Waals surface area contributed by atoms with Crippen LogP contribution in [0.1, 0.15) is 12.5 Å². The Morgan fingerprint density at radius 3 is 2.83 bits per heavy atom. The molecule has 0 amide bonds. The minimum Gasteiger partial charge on any atom is -0.328 e. The molecule has 2 rings (SSSR count). The summed E-state index contributed by atoms with van der Waals surface area (Å²) in [7, 11) is 0. The summed E-state index contributed by atoms with van der Waals surface area (Å²) < 4.78 is 0. The van der Waals surface area contributed by atoms with Gasteiger partial charge in [0, 0.05) is 28.4 Å². The van der Waals surface area contributed by atoms with Crippen molar-refractivity contribution in [2.75, 3.05) is 0 Å². The molecule has 1 aromatic carbocycles. The van der Waals surface area contributed by atoms with Crippen LogP contribution in [0.5, 0.6) is 0 Å². The molecular formula is C13H14ClN3S. The molecule has 2 aromatic rings. The Balaban J connectivity index is 2.14. The smallest absolute Gasteiger partial charge is 0.119 e. The van der Waals surface area contributed by atoms with E-state index in [0.717, 1.165) is 26.9 Å². The molecule has 0 fully saturated rings. The molecule has 0 saturated carbocycles. The minimum atomic E-state index is 0.112. The van der Waals surface area contributed by atoms with E-state index in [0.29, 0.717) is 0 Å². The fourth-order valence-corrected chi connectivity index (χ4v) is 2.67. The Hall–Kier alpha value is -1.10. The maximum absolute atomic E-state index is 6.23. The summed E-state index contributed by atoms with van der Waals surface area (Å²) in [6, 6.07) is 6.10. The SMILES string of the molecule is CC(N)Cc1ccc(Sc2cnccn2)cc1Cl. The Morgan fingerprint density at radius 1 is 1.39 bits per heavy atom. The lowest BCUT2D eigenvalue weighted by molar-refractivity contribution is 0.738. The quantitative estimate of drug-likeness (QED) is 0.934. The van der Waals surface area contributed by atoms with Crippen molar-refractivity contribution in [3.8, 4) is 0 Å². The first kappa shape index (κ1) is 13.3. The lowest BCUT2D eigenvalue weighted by Gasteiger charge is -2.09. The van der Waals surface area contributed by atoms with Crippen LogP contribution in [-0.2, 0) is 6.42 Å². The molecular weight excluding hydrogens is 266 g/mol. The molecule has 94 valence electrons. The van der Waals surface area contributed by atoms with Crippen LogP contribution in [0.4, 0.5) is 0 Å². The van der Waals surface area contributed by atoms with E-state index in [-0.39, 0.29) is 6.04 Å². The van der Waals surface area contributed by atoms with E-state index in [1.165, 1.54) is 0 Å². The maximum Gasteiger partial charge on any atom is 0.119 e. The second-order valence-corrected chi connectivity index (χ2v) is 5.58. The number of benzene rings is 1. The third kappa shape index (κ3) is 3.70. The van der Waals surface area contributed by atoms with Crippen molar-refractivity contribution < 1.29 is 0 Å². The lowest BCUT2D eigenvalue weighted by atomic mass is 10.1. The summed E-state index contributed by atoms with van der Waals surface area (Å²) in [5.41, 5.74) is 6.85. The van der Waals surface area contributed by atoms with Crippen molar-refractivity contribution in [1.29, 1.82) is 0 Å². The van der Waals surface area contributed by atoms with E-state index in [2.05, 4.69) is 9.97 Å². The number of nitrogens with zero attached hydrogens (tertiary/aromatic N) is 2. The van der Waals surface area contributed by atoms with Crippen LogP contribution in [0.2, 0.25) is 5.02 Å². The van der Waals surface area contributed by atoms with Crippen molar-refractivity contribution in [2.45, 2.75) is 29.3 Å². The monoisotopic (exact) mass is 279 g/mol. The predicted molar refractivity (Wildman–Crippen MR) is 75.0 cm³/mol. The number of hydrogen-bond donors (Lipinski definition) is 1. The van der Waals surface area contributed by atoms with Gasteiger partial charge in [-0.05, 0) is 31.0 Å². The first-order chi connectivity index (χ1) is 8.65. The number of nitrogens with two attached hydrogens (primary N) is 1. The van der Waals surface area contributed by atoms with Gasteiger partial charge in [-0.2, -0.15) is 0 Å². The Bertz CT molecular complexity index is 517. The summed E-state index contributed by atoms with van der Waals surface area (Å²) in [5, 5.41) is 1.61. The second kappa shape index (κ2) is 6.18. The molecule has 18 heavy (non-hydrogen) atoms. The molecule has 1 atom stereocenters. The topological polar surface area (TPSA) is 51.8 Å². The molecule has 5 heteroatoms. The predicted octanol–water partition coefficient (Wildman–Crippen LogP) is 3.17. The largest absolute Gasteiger partial charge is 0.328 e. The summed E-state index contributed by atoms with van der Waals surface area (Å²) in [6.07, 6.45) is 5.85. The van der Waals surface area contributed by atoms with Gasteiger partial charge in [0.1, 0.15) is 5.03 Å². The zero-order chi connectivity index (χ0) is 13.0. The summed E-state index contributed by atoms with van der Waals surface area (Å²) in [5.74, 6) is 0. The van der Waals surface area contributed by atoms with Gasteiger partial charge in [0.15, 0.2) is 0 Å². The highest BCUT2D eigenvalue weighted by Gasteiger charge is 2.06. The zero-order valence-electron chi connectivity index (χ0n) is 10.0. The second-order valence-electron chi connectivity index (χ2n) is 4.08. The van der Waals surface area contributed by atoms with E-state index in [9.17, 15) is 0 Å². The van der Waals surface area contributed by atoms with E-state index in [1.54, 1.807) is 30.4 Å². The Morgan fingerprint density at radius 2 is 2.22 bits per heavy atom. The molecule has 1 aromatic heterocycles. The van der Waals surface area contributed by atoms with E-state index in [4.69, 9.17) is 17.3 Å². The molecule has 0 spiro atoms. The van der Waals surface area contributed by atoms with Crippen LogP contribution in [0, 0.1) is 0 Å². The molecule has 1 heterocycles. The van der Waals surface area contributed by atoms with Gasteiger partial charge in [0.05, 0.1) is 6.20 Å². The van der Waals surface area contributed by atoms with Gasteiger partial charge >= 0.3 is 0 Å². The van der Waals surface area contributed by atoms with Crippen molar-refractivity contribution in [1.82, 2.24) is 9.97 Å². The van der Waals surface area contributed by atoms with E-state index >= 15 is 0 Å². The average molecular weight is 280 g/mol. The first-order valence-corrected chi connectivity index (χ1v) is 6.82. The van der Waals surface area contributed by atoms with Gasteiger partial charge in [-0.3, -0.25) is 4.98 Å². The fourth-order valence-electron chi connectivity index (χ4n) is 1.56. The molecule has 0 aliphatic rings. The number of hydrogen-bond acceptors (Lipinski definition) is 4. The van der Waals surface area contributed by atoms with Gasteiger partial charge in [0.25, 0.3) is 0 Å². The highest BCUT2D eigenvalue weighted by molar-refractivity contribution is 7.99. The molecule has 0 radical (unpaired) electrons. The fraction of sp³-hybridized carbons (Fsp3) is 0.231. The summed E-state index contributed by atoms with van der Waals surface area (Å²) in [4.78, 5) is 9.29. The third-order valence-corrected chi connectivity index (χ3v) is 3.59. The van der Waals surface area contributed by atoms with Crippen molar-refractivity contribution in [2.24, 2.45) is 5.73 Å². The minimum absolute atomic E-state index is 0.112. The van der Waals surface area contributed by atoms with Gasteiger partial charge in [-0.15, -0.1) is 0 Å². The standard InChI is InChI=1S/C13H14ClN3S/c1-9(15)6-10-2-3-11(7-12(10)14)18-13-8-16-4-5-17-13/h2-5,7-9H,6,15H2,1H3. The van der Waals surface area contributed by atoms with E-state index < -0.39 is 0 Å². The molecule has 0 bridgehead atoms. The van der Waals surface area contributed by atoms with Crippen LogP contribution in [0.15, 0.2) is 46.7 Å². The van der Waals surface area contributed by atoms with Crippen LogP contribution in [-0.4, -0.2) is 16.0 Å². The molecule has 2 N–H and O–H groups in total. The molecule has 3 nitrogen and oxygen atoms in total. The molecule has 0 aliphatic heterocycles. The van der Waals surface area contributed by atoms with Crippen LogP contribution in [0.25, 0.3) is 0 Å².